The summed E-state index contributed by atoms with van der Waals surface area (Å²) in [5.74, 6) is 1.04. The zero-order valence-electron chi connectivity index (χ0n) is 18.7. The van der Waals surface area contributed by atoms with Gasteiger partial charge in [0, 0.05) is 13.1 Å². The Morgan fingerprint density at radius 1 is 0.964 bits per heavy atom. The van der Waals surface area contributed by atoms with E-state index in [-0.39, 0.29) is 17.4 Å². The van der Waals surface area contributed by atoms with E-state index in [1.165, 1.54) is 51.4 Å². The fraction of sp³-hybridized carbons (Fsp3) is 1.00. The van der Waals surface area contributed by atoms with Gasteiger partial charge in [-0.05, 0) is 42.9 Å². The number of aliphatic hydroxyl groups excluding tert-OH is 1. The van der Waals surface area contributed by atoms with Crippen LogP contribution >= 0.6 is 0 Å². The summed E-state index contributed by atoms with van der Waals surface area (Å²) in [4.78, 5) is 0. The lowest BCUT2D eigenvalue weighted by Gasteiger charge is -2.52. The Balaban J connectivity index is 1.66. The molecule has 1 saturated carbocycles. The second-order valence-electron chi connectivity index (χ2n) is 9.85. The van der Waals surface area contributed by atoms with Crippen LogP contribution in [0.2, 0.25) is 0 Å². The third kappa shape index (κ3) is 6.70. The highest BCUT2D eigenvalue weighted by Gasteiger charge is 2.48. The van der Waals surface area contributed by atoms with Crippen molar-refractivity contribution in [2.45, 2.75) is 110 Å². The average molecular weight is 416 g/mol. The van der Waals surface area contributed by atoms with Gasteiger partial charge in [-0.1, -0.05) is 78.6 Å². The van der Waals surface area contributed by atoms with Gasteiger partial charge in [-0.25, -0.2) is 12.7 Å². The molecule has 0 bridgehead atoms. The molecule has 2 rings (SSSR count). The zero-order chi connectivity index (χ0) is 20.6. The Kier molecular flexibility index (Phi) is 9.75. The third-order valence-electron chi connectivity index (χ3n) is 7.52. The van der Waals surface area contributed by atoms with Crippen molar-refractivity contribution in [2.75, 3.05) is 18.8 Å². The Labute approximate surface area is 174 Å². The molecule has 1 saturated heterocycles. The zero-order valence-corrected chi connectivity index (χ0v) is 19.5. The van der Waals surface area contributed by atoms with Crippen LogP contribution in [0.3, 0.4) is 0 Å². The van der Waals surface area contributed by atoms with E-state index >= 15 is 0 Å². The Hall–Kier alpha value is -0.130. The van der Waals surface area contributed by atoms with Crippen LogP contribution in [0.5, 0.6) is 0 Å². The molecule has 0 aromatic rings. The number of hydrogen-bond donors (Lipinski definition) is 1. The molecule has 4 nitrogen and oxygen atoms in total. The van der Waals surface area contributed by atoms with Gasteiger partial charge in [-0.2, -0.15) is 0 Å². The van der Waals surface area contributed by atoms with Crippen LogP contribution in [0.1, 0.15) is 104 Å². The lowest BCUT2D eigenvalue weighted by molar-refractivity contribution is -0.0621. The van der Waals surface area contributed by atoms with E-state index < -0.39 is 10.0 Å². The maximum atomic E-state index is 12.9. The van der Waals surface area contributed by atoms with Crippen LogP contribution < -0.4 is 0 Å². The van der Waals surface area contributed by atoms with Crippen LogP contribution in [0.15, 0.2) is 0 Å². The number of fused-ring (bicyclic) bond motifs is 1. The molecule has 4 atom stereocenters. The van der Waals surface area contributed by atoms with Gasteiger partial charge < -0.3 is 5.11 Å². The fourth-order valence-electron chi connectivity index (χ4n) is 5.54. The lowest BCUT2D eigenvalue weighted by Crippen LogP contribution is -2.55. The molecule has 0 unspecified atom stereocenters. The van der Waals surface area contributed by atoms with E-state index in [1.807, 2.05) is 0 Å². The fourth-order valence-corrected chi connectivity index (χ4v) is 7.24. The Morgan fingerprint density at radius 3 is 2.14 bits per heavy atom. The molecule has 1 aliphatic heterocycles. The largest absolute Gasteiger partial charge is 0.393 e. The summed E-state index contributed by atoms with van der Waals surface area (Å²) in [6.07, 6.45) is 14.7. The number of piperidine rings is 1. The summed E-state index contributed by atoms with van der Waals surface area (Å²) in [6.45, 7) is 7.91. The summed E-state index contributed by atoms with van der Waals surface area (Å²) in [7, 11) is -3.14. The first-order chi connectivity index (χ1) is 13.3. The number of sulfonamides is 1. The summed E-state index contributed by atoms with van der Waals surface area (Å²) in [6, 6.07) is 0. The maximum absolute atomic E-state index is 12.9. The van der Waals surface area contributed by atoms with E-state index in [0.717, 1.165) is 32.1 Å². The number of hydrogen-bond acceptors (Lipinski definition) is 3. The molecule has 0 radical (unpaired) electrons. The molecule has 0 spiro atoms. The molecule has 2 fully saturated rings. The first-order valence-electron chi connectivity index (χ1n) is 12.0. The molecule has 0 amide bonds. The van der Waals surface area contributed by atoms with E-state index in [1.54, 1.807) is 4.31 Å². The molecule has 0 aromatic heterocycles. The number of unbranched alkanes of at least 4 members (excludes halogenated alkanes) is 9. The van der Waals surface area contributed by atoms with Gasteiger partial charge in [0.15, 0.2) is 0 Å². The molecular weight excluding hydrogens is 370 g/mol. The second-order valence-corrected chi connectivity index (χ2v) is 11.9. The van der Waals surface area contributed by atoms with E-state index in [4.69, 9.17) is 0 Å². The molecule has 5 heteroatoms. The summed E-state index contributed by atoms with van der Waals surface area (Å²) >= 11 is 0. The molecule has 0 aromatic carbocycles. The minimum atomic E-state index is -3.14. The maximum Gasteiger partial charge on any atom is 0.214 e. The predicted octanol–water partition coefficient (Wildman–Crippen LogP) is 5.36. The van der Waals surface area contributed by atoms with Crippen LogP contribution in [0.4, 0.5) is 0 Å². The second kappa shape index (κ2) is 11.3. The standard InChI is InChI=1S/C23H45NO3S/c1-4-5-6-7-8-9-10-11-12-13-18-28(26,27)24-17-15-21-20(2)22(25)14-16-23(21,3)19-24/h20-22,25H,4-19H2,1-3H3/t20-,21-,22-,23+/m0/s1. The lowest BCUT2D eigenvalue weighted by atomic mass is 9.59. The Bertz CT molecular complexity index is 550. The van der Waals surface area contributed by atoms with Crippen LogP contribution in [0, 0.1) is 17.3 Å². The van der Waals surface area contributed by atoms with Crippen LogP contribution in [-0.4, -0.2) is 42.8 Å². The van der Waals surface area contributed by atoms with Crippen molar-refractivity contribution in [3.05, 3.63) is 0 Å². The van der Waals surface area contributed by atoms with Crippen molar-refractivity contribution < 1.29 is 13.5 Å². The first-order valence-corrected chi connectivity index (χ1v) is 13.6. The molecule has 166 valence electrons. The molecular formula is C23H45NO3S. The van der Waals surface area contributed by atoms with Crippen molar-refractivity contribution in [2.24, 2.45) is 17.3 Å². The van der Waals surface area contributed by atoms with Crippen LogP contribution in [-0.2, 0) is 10.0 Å². The number of nitrogens with zero attached hydrogens (tertiary/aromatic N) is 1. The first kappa shape index (κ1) is 24.1. The van der Waals surface area contributed by atoms with Crippen molar-refractivity contribution in [3.63, 3.8) is 0 Å². The van der Waals surface area contributed by atoms with Gasteiger partial charge in [0.25, 0.3) is 0 Å². The highest BCUT2D eigenvalue weighted by atomic mass is 32.2. The molecule has 28 heavy (non-hydrogen) atoms. The van der Waals surface area contributed by atoms with Gasteiger partial charge in [0.2, 0.25) is 10.0 Å². The minimum Gasteiger partial charge on any atom is -0.393 e. The molecule has 1 N–H and O–H groups in total. The number of aliphatic hydroxyl groups is 1. The van der Waals surface area contributed by atoms with Gasteiger partial charge in [-0.3, -0.25) is 0 Å². The average Bonchev–Trinajstić information content (AvgIpc) is 2.66. The molecule has 2 aliphatic rings. The van der Waals surface area contributed by atoms with Crippen LogP contribution in [0.25, 0.3) is 0 Å². The SMILES string of the molecule is CCCCCCCCCCCCS(=O)(=O)N1CC[C@H]2[C@H](C)[C@@H](O)CC[C@]2(C)C1. The summed E-state index contributed by atoms with van der Waals surface area (Å²) in [5, 5.41) is 10.2. The normalized spacial score (nSPS) is 31.6. The van der Waals surface area contributed by atoms with Crippen molar-refractivity contribution in [3.8, 4) is 0 Å². The highest BCUT2D eigenvalue weighted by Crippen LogP contribution is 2.49. The van der Waals surface area contributed by atoms with Crippen molar-refractivity contribution >= 4 is 10.0 Å². The van der Waals surface area contributed by atoms with Gasteiger partial charge in [0.1, 0.15) is 0 Å². The monoisotopic (exact) mass is 415 g/mol. The van der Waals surface area contributed by atoms with Gasteiger partial charge in [0.05, 0.1) is 11.9 Å². The van der Waals surface area contributed by atoms with Gasteiger partial charge >= 0.3 is 0 Å². The van der Waals surface area contributed by atoms with Gasteiger partial charge in [-0.15, -0.1) is 0 Å². The predicted molar refractivity (Wildman–Crippen MR) is 118 cm³/mol. The summed E-state index contributed by atoms with van der Waals surface area (Å²) in [5.41, 5.74) is 0.0295. The third-order valence-corrected chi connectivity index (χ3v) is 9.43. The van der Waals surface area contributed by atoms with E-state index in [9.17, 15) is 13.5 Å². The quantitative estimate of drug-likeness (QED) is 0.437. The Morgan fingerprint density at radius 2 is 1.54 bits per heavy atom. The highest BCUT2D eigenvalue weighted by molar-refractivity contribution is 7.89. The minimum absolute atomic E-state index is 0.0295. The topological polar surface area (TPSA) is 57.6 Å². The van der Waals surface area contributed by atoms with E-state index in [0.29, 0.717) is 24.8 Å². The smallest absolute Gasteiger partial charge is 0.214 e. The molecule has 1 heterocycles. The molecule has 1 aliphatic carbocycles. The number of rotatable bonds is 12. The van der Waals surface area contributed by atoms with Crippen molar-refractivity contribution in [1.29, 1.82) is 0 Å². The summed E-state index contributed by atoms with van der Waals surface area (Å²) < 4.78 is 27.5. The van der Waals surface area contributed by atoms with E-state index in [2.05, 4.69) is 20.8 Å². The van der Waals surface area contributed by atoms with Crippen molar-refractivity contribution in [1.82, 2.24) is 4.31 Å².